The van der Waals surface area contributed by atoms with Crippen molar-refractivity contribution in [3.63, 3.8) is 0 Å². The van der Waals surface area contributed by atoms with Crippen LogP contribution in [0.3, 0.4) is 0 Å². The van der Waals surface area contributed by atoms with E-state index >= 15 is 0 Å². The Bertz CT molecular complexity index is 599. The molecule has 0 N–H and O–H groups in total. The highest BCUT2D eigenvalue weighted by molar-refractivity contribution is 7.68. The van der Waals surface area contributed by atoms with Gasteiger partial charge in [0.1, 0.15) is 5.75 Å². The Hall–Kier alpha value is -2.11. The smallest absolute Gasteiger partial charge is 0.150 e. The Morgan fingerprint density at radius 2 is 1.30 bits per heavy atom. The summed E-state index contributed by atoms with van der Waals surface area (Å²) in [5.41, 5.74) is 0. The molecule has 0 saturated carbocycles. The SMILES string of the molecule is [c]1cccc(OP(c2ccccc2)c2ccccc2)c1. The molecule has 0 bridgehead atoms. The van der Waals surface area contributed by atoms with Crippen molar-refractivity contribution in [3.05, 3.63) is 91.0 Å². The first-order chi connectivity index (χ1) is 9.93. The van der Waals surface area contributed by atoms with Gasteiger partial charge in [0.15, 0.2) is 8.15 Å². The van der Waals surface area contributed by atoms with Gasteiger partial charge in [-0.15, -0.1) is 0 Å². The van der Waals surface area contributed by atoms with Crippen molar-refractivity contribution < 1.29 is 4.52 Å². The fourth-order valence-corrected chi connectivity index (χ4v) is 3.64. The molecule has 20 heavy (non-hydrogen) atoms. The maximum absolute atomic E-state index is 6.22. The highest BCUT2D eigenvalue weighted by Gasteiger charge is 2.16. The highest BCUT2D eigenvalue weighted by atomic mass is 31.1. The largest absolute Gasteiger partial charge is 0.464 e. The summed E-state index contributed by atoms with van der Waals surface area (Å²) < 4.78 is 6.22. The van der Waals surface area contributed by atoms with Crippen molar-refractivity contribution in [3.8, 4) is 5.75 Å². The summed E-state index contributed by atoms with van der Waals surface area (Å²) in [7, 11) is -0.847. The number of hydrogen-bond donors (Lipinski definition) is 0. The molecule has 1 nitrogen and oxygen atoms in total. The second-order valence-electron chi connectivity index (χ2n) is 4.30. The summed E-state index contributed by atoms with van der Waals surface area (Å²) in [5.74, 6) is 0.853. The van der Waals surface area contributed by atoms with Crippen molar-refractivity contribution in [2.75, 3.05) is 0 Å². The molecule has 0 aliphatic heterocycles. The number of hydrogen-bond acceptors (Lipinski definition) is 1. The van der Waals surface area contributed by atoms with Gasteiger partial charge in [0.2, 0.25) is 0 Å². The van der Waals surface area contributed by atoms with Gasteiger partial charge in [0, 0.05) is 10.6 Å². The minimum Gasteiger partial charge on any atom is -0.464 e. The molecule has 0 amide bonds. The molecule has 0 aliphatic carbocycles. The molecule has 0 atom stereocenters. The lowest BCUT2D eigenvalue weighted by atomic mass is 10.3. The number of benzene rings is 3. The summed E-state index contributed by atoms with van der Waals surface area (Å²) in [6, 6.07) is 31.4. The second-order valence-corrected chi connectivity index (χ2v) is 6.10. The molecule has 0 aliphatic rings. The zero-order valence-corrected chi connectivity index (χ0v) is 11.8. The topological polar surface area (TPSA) is 9.23 Å². The van der Waals surface area contributed by atoms with Gasteiger partial charge in [-0.25, -0.2) is 0 Å². The predicted octanol–water partition coefficient (Wildman–Crippen LogP) is 3.91. The van der Waals surface area contributed by atoms with Crippen LogP contribution in [0, 0.1) is 6.07 Å². The Labute approximate surface area is 120 Å². The Morgan fingerprint density at radius 3 is 1.80 bits per heavy atom. The van der Waals surface area contributed by atoms with E-state index < -0.39 is 8.15 Å². The molecule has 0 heterocycles. The van der Waals surface area contributed by atoms with Crippen LogP contribution in [0.1, 0.15) is 0 Å². The van der Waals surface area contributed by atoms with Crippen molar-refractivity contribution in [2.24, 2.45) is 0 Å². The van der Waals surface area contributed by atoms with Crippen molar-refractivity contribution >= 4 is 18.8 Å². The second kappa shape index (κ2) is 6.36. The van der Waals surface area contributed by atoms with E-state index in [1.54, 1.807) is 0 Å². The Kier molecular flexibility index (Phi) is 4.10. The fourth-order valence-electron chi connectivity index (χ4n) is 1.92. The van der Waals surface area contributed by atoms with Gasteiger partial charge in [0.25, 0.3) is 0 Å². The van der Waals surface area contributed by atoms with Crippen LogP contribution in [0.15, 0.2) is 84.9 Å². The molecule has 0 unspecified atom stereocenters. The van der Waals surface area contributed by atoms with Crippen LogP contribution in [-0.2, 0) is 0 Å². The first kappa shape index (κ1) is 12.9. The first-order valence-electron chi connectivity index (χ1n) is 6.48. The lowest BCUT2D eigenvalue weighted by Crippen LogP contribution is -2.15. The molecule has 0 fully saturated rings. The zero-order chi connectivity index (χ0) is 13.6. The predicted molar refractivity (Wildman–Crippen MR) is 85.0 cm³/mol. The molecular weight excluding hydrogens is 263 g/mol. The lowest BCUT2D eigenvalue weighted by Gasteiger charge is -2.19. The molecule has 0 saturated heterocycles. The fraction of sp³-hybridized carbons (Fsp3) is 0. The zero-order valence-electron chi connectivity index (χ0n) is 10.9. The molecule has 1 radical (unpaired) electrons. The van der Waals surface area contributed by atoms with Gasteiger partial charge >= 0.3 is 0 Å². The monoisotopic (exact) mass is 277 g/mol. The summed E-state index contributed by atoms with van der Waals surface area (Å²) in [6.07, 6.45) is 0. The Balaban J connectivity index is 1.96. The van der Waals surface area contributed by atoms with E-state index in [1.165, 1.54) is 10.6 Å². The van der Waals surface area contributed by atoms with E-state index in [9.17, 15) is 0 Å². The van der Waals surface area contributed by atoms with Gasteiger partial charge in [-0.1, -0.05) is 72.8 Å². The minimum atomic E-state index is -0.847. The molecule has 0 aromatic heterocycles. The molecule has 3 rings (SSSR count). The summed E-state index contributed by atoms with van der Waals surface area (Å²) in [5, 5.41) is 2.41. The third-order valence-electron chi connectivity index (χ3n) is 2.86. The van der Waals surface area contributed by atoms with Crippen LogP contribution in [0.5, 0.6) is 5.75 Å². The van der Waals surface area contributed by atoms with E-state index in [0.29, 0.717) is 0 Å². The molecule has 3 aromatic rings. The maximum Gasteiger partial charge on any atom is 0.150 e. The first-order valence-corrected chi connectivity index (χ1v) is 7.74. The van der Waals surface area contributed by atoms with Gasteiger partial charge in [-0.05, 0) is 18.2 Å². The molecular formula is C18H14OP. The van der Waals surface area contributed by atoms with Crippen LogP contribution >= 0.6 is 8.15 Å². The van der Waals surface area contributed by atoms with Crippen molar-refractivity contribution in [2.45, 2.75) is 0 Å². The van der Waals surface area contributed by atoms with Gasteiger partial charge in [0.05, 0.1) is 0 Å². The van der Waals surface area contributed by atoms with Crippen LogP contribution in [0.25, 0.3) is 0 Å². The average molecular weight is 277 g/mol. The molecule has 97 valence electrons. The van der Waals surface area contributed by atoms with Crippen LogP contribution in [-0.4, -0.2) is 0 Å². The van der Waals surface area contributed by atoms with Gasteiger partial charge in [-0.2, -0.15) is 0 Å². The van der Waals surface area contributed by atoms with E-state index in [4.69, 9.17) is 4.52 Å². The maximum atomic E-state index is 6.22. The van der Waals surface area contributed by atoms with Crippen LogP contribution < -0.4 is 15.1 Å². The quantitative estimate of drug-likeness (QED) is 0.657. The minimum absolute atomic E-state index is 0.847. The van der Waals surface area contributed by atoms with Gasteiger partial charge < -0.3 is 4.52 Å². The van der Waals surface area contributed by atoms with E-state index in [0.717, 1.165) is 5.75 Å². The summed E-state index contributed by atoms with van der Waals surface area (Å²) in [4.78, 5) is 0. The van der Waals surface area contributed by atoms with Gasteiger partial charge in [-0.3, -0.25) is 0 Å². The van der Waals surface area contributed by atoms with Crippen molar-refractivity contribution in [1.82, 2.24) is 0 Å². The molecule has 2 heteroatoms. The van der Waals surface area contributed by atoms with Crippen LogP contribution in [0.2, 0.25) is 0 Å². The summed E-state index contributed by atoms with van der Waals surface area (Å²) >= 11 is 0. The average Bonchev–Trinajstić information content (AvgIpc) is 2.55. The number of rotatable bonds is 4. The van der Waals surface area contributed by atoms with Crippen LogP contribution in [0.4, 0.5) is 0 Å². The molecule has 3 aromatic carbocycles. The highest BCUT2D eigenvalue weighted by Crippen LogP contribution is 2.36. The van der Waals surface area contributed by atoms with E-state index in [-0.39, 0.29) is 0 Å². The summed E-state index contributed by atoms with van der Waals surface area (Å²) in [6.45, 7) is 0. The normalized spacial score (nSPS) is 10.4. The lowest BCUT2D eigenvalue weighted by molar-refractivity contribution is 0.629. The van der Waals surface area contributed by atoms with E-state index in [2.05, 4.69) is 30.3 Å². The Morgan fingerprint density at radius 1 is 0.700 bits per heavy atom. The van der Waals surface area contributed by atoms with E-state index in [1.807, 2.05) is 60.7 Å². The van der Waals surface area contributed by atoms with Crippen molar-refractivity contribution in [1.29, 1.82) is 0 Å². The standard InChI is InChI=1S/C18H14OP/c1-4-10-16(11-5-1)19-20(17-12-6-2-7-13-17)18-14-8-3-9-15-18/h1-4,6-15H. The third-order valence-corrected chi connectivity index (χ3v) is 4.78. The third kappa shape index (κ3) is 3.07. The molecule has 0 spiro atoms.